The quantitative estimate of drug-likeness (QED) is 0.465. The van der Waals surface area contributed by atoms with E-state index in [-0.39, 0.29) is 18.0 Å². The molecule has 0 bridgehead atoms. The number of nitrogens with zero attached hydrogens (tertiary/aromatic N) is 1. The van der Waals surface area contributed by atoms with Crippen molar-refractivity contribution in [2.45, 2.75) is 20.4 Å². The van der Waals surface area contributed by atoms with E-state index in [9.17, 15) is 10.1 Å². The molecular weight excluding hydrogens is 244 g/mol. The lowest BCUT2D eigenvalue weighted by atomic mass is 10.1. The molecule has 0 unspecified atom stereocenters. The molecule has 5 heteroatoms. The molecule has 0 aromatic heterocycles. The summed E-state index contributed by atoms with van der Waals surface area (Å²) in [5.74, 6) is 3.03. The lowest BCUT2D eigenvalue weighted by Gasteiger charge is -2.09. The third-order valence-electron chi connectivity index (χ3n) is 2.41. The van der Waals surface area contributed by atoms with Gasteiger partial charge in [0.25, 0.3) is 0 Å². The van der Waals surface area contributed by atoms with Crippen LogP contribution < -0.4 is 10.1 Å². The third kappa shape index (κ3) is 4.98. The lowest BCUT2D eigenvalue weighted by molar-refractivity contribution is -0.385. The second kappa shape index (κ2) is 7.39. The van der Waals surface area contributed by atoms with Gasteiger partial charge >= 0.3 is 5.69 Å². The van der Waals surface area contributed by atoms with Crippen LogP contribution in [0, 0.1) is 28.4 Å². The molecule has 0 aliphatic heterocycles. The van der Waals surface area contributed by atoms with E-state index in [0.717, 1.165) is 12.1 Å². The van der Waals surface area contributed by atoms with Crippen molar-refractivity contribution in [3.05, 3.63) is 33.9 Å². The van der Waals surface area contributed by atoms with Crippen molar-refractivity contribution in [3.8, 4) is 18.1 Å². The molecule has 19 heavy (non-hydrogen) atoms. The Kier molecular flexibility index (Phi) is 5.83. The Balaban J connectivity index is 2.78. The van der Waals surface area contributed by atoms with Gasteiger partial charge in [-0.1, -0.05) is 25.8 Å². The van der Waals surface area contributed by atoms with Crippen molar-refractivity contribution in [3.63, 3.8) is 0 Å². The van der Waals surface area contributed by atoms with Gasteiger partial charge in [0.1, 0.15) is 6.61 Å². The van der Waals surface area contributed by atoms with Crippen molar-refractivity contribution in [1.29, 1.82) is 0 Å². The fourth-order valence-electron chi connectivity index (χ4n) is 1.56. The van der Waals surface area contributed by atoms with Gasteiger partial charge < -0.3 is 10.1 Å². The monoisotopic (exact) mass is 262 g/mol. The predicted molar refractivity (Wildman–Crippen MR) is 74.0 cm³/mol. The molecule has 5 nitrogen and oxygen atoms in total. The van der Waals surface area contributed by atoms with Crippen LogP contribution in [0.4, 0.5) is 5.69 Å². The molecule has 0 spiro atoms. The zero-order valence-corrected chi connectivity index (χ0v) is 11.2. The van der Waals surface area contributed by atoms with Gasteiger partial charge in [-0.15, -0.1) is 6.42 Å². The number of ether oxygens (including phenoxy) is 1. The lowest BCUT2D eigenvalue weighted by Crippen LogP contribution is -2.19. The van der Waals surface area contributed by atoms with E-state index in [1.54, 1.807) is 12.1 Å². The SMILES string of the molecule is C#CCOc1ccc(CNCC(C)C)cc1[N+](=O)[O-]. The Labute approximate surface area is 113 Å². The van der Waals surface area contributed by atoms with Crippen LogP contribution in [-0.4, -0.2) is 18.1 Å². The van der Waals surface area contributed by atoms with Gasteiger partial charge in [0.2, 0.25) is 0 Å². The molecule has 102 valence electrons. The van der Waals surface area contributed by atoms with Crippen LogP contribution in [0.25, 0.3) is 0 Å². The first-order valence-electron chi connectivity index (χ1n) is 6.09. The maximum atomic E-state index is 11.0. The fraction of sp³-hybridized carbons (Fsp3) is 0.429. The first-order chi connectivity index (χ1) is 9.04. The first-order valence-corrected chi connectivity index (χ1v) is 6.09. The highest BCUT2D eigenvalue weighted by atomic mass is 16.6. The molecule has 0 aliphatic carbocycles. The zero-order chi connectivity index (χ0) is 14.3. The van der Waals surface area contributed by atoms with Crippen molar-refractivity contribution in [2.24, 2.45) is 5.92 Å². The summed E-state index contributed by atoms with van der Waals surface area (Å²) in [5, 5.41) is 14.2. The molecule has 0 aliphatic rings. The minimum Gasteiger partial charge on any atom is -0.474 e. The number of terminal acetylenes is 1. The van der Waals surface area contributed by atoms with Crippen LogP contribution in [-0.2, 0) is 6.54 Å². The van der Waals surface area contributed by atoms with E-state index in [1.165, 1.54) is 6.07 Å². The Morgan fingerprint density at radius 1 is 1.53 bits per heavy atom. The van der Waals surface area contributed by atoms with Crippen molar-refractivity contribution in [2.75, 3.05) is 13.2 Å². The van der Waals surface area contributed by atoms with Crippen molar-refractivity contribution >= 4 is 5.69 Å². The number of nitrogens with one attached hydrogen (secondary N) is 1. The molecule has 0 saturated heterocycles. The van der Waals surface area contributed by atoms with Crippen LogP contribution >= 0.6 is 0 Å². The number of hydrogen-bond acceptors (Lipinski definition) is 4. The number of rotatable bonds is 7. The predicted octanol–water partition coefficient (Wildman–Crippen LogP) is 2.35. The van der Waals surface area contributed by atoms with Crippen LogP contribution in [0.2, 0.25) is 0 Å². The second-order valence-electron chi connectivity index (χ2n) is 4.58. The van der Waals surface area contributed by atoms with E-state index in [1.807, 2.05) is 0 Å². The smallest absolute Gasteiger partial charge is 0.311 e. The molecule has 1 aromatic carbocycles. The van der Waals surface area contributed by atoms with Gasteiger partial charge in [-0.05, 0) is 24.1 Å². The molecule has 0 heterocycles. The Morgan fingerprint density at radius 2 is 2.26 bits per heavy atom. The van der Waals surface area contributed by atoms with E-state index >= 15 is 0 Å². The van der Waals surface area contributed by atoms with Crippen LogP contribution in [0.5, 0.6) is 5.75 Å². The molecule has 1 rings (SSSR count). The number of nitro benzene ring substituents is 1. The second-order valence-corrected chi connectivity index (χ2v) is 4.58. The summed E-state index contributed by atoms with van der Waals surface area (Å²) in [6.45, 7) is 5.68. The highest BCUT2D eigenvalue weighted by Crippen LogP contribution is 2.27. The van der Waals surface area contributed by atoms with Crippen LogP contribution in [0.1, 0.15) is 19.4 Å². The summed E-state index contributed by atoms with van der Waals surface area (Å²) in [6.07, 6.45) is 5.07. The van der Waals surface area contributed by atoms with E-state index < -0.39 is 4.92 Å². The largest absolute Gasteiger partial charge is 0.474 e. The Hall–Kier alpha value is -2.06. The fourth-order valence-corrected chi connectivity index (χ4v) is 1.56. The molecule has 1 N–H and O–H groups in total. The average molecular weight is 262 g/mol. The molecule has 0 amide bonds. The van der Waals surface area contributed by atoms with Crippen LogP contribution in [0.3, 0.4) is 0 Å². The van der Waals surface area contributed by atoms with Gasteiger partial charge in [-0.3, -0.25) is 10.1 Å². The highest BCUT2D eigenvalue weighted by molar-refractivity contribution is 5.48. The van der Waals surface area contributed by atoms with E-state index in [0.29, 0.717) is 12.5 Å². The minimum absolute atomic E-state index is 0.0196. The third-order valence-corrected chi connectivity index (χ3v) is 2.41. The van der Waals surface area contributed by atoms with Gasteiger partial charge in [-0.2, -0.15) is 0 Å². The average Bonchev–Trinajstić information content (AvgIpc) is 2.36. The summed E-state index contributed by atoms with van der Waals surface area (Å²) in [5.41, 5.74) is 0.791. The highest BCUT2D eigenvalue weighted by Gasteiger charge is 2.15. The van der Waals surface area contributed by atoms with Gasteiger partial charge in [-0.25, -0.2) is 0 Å². The summed E-state index contributed by atoms with van der Waals surface area (Å²) in [6, 6.07) is 4.90. The topological polar surface area (TPSA) is 64.4 Å². The Bertz CT molecular complexity index is 478. The summed E-state index contributed by atoms with van der Waals surface area (Å²) < 4.78 is 5.15. The standard InChI is InChI=1S/C14H18N2O3/c1-4-7-19-14-6-5-12(8-13(14)16(17)18)10-15-9-11(2)3/h1,5-6,8,11,15H,7,9-10H2,2-3H3. The summed E-state index contributed by atoms with van der Waals surface area (Å²) >= 11 is 0. The number of hydrogen-bond donors (Lipinski definition) is 1. The maximum absolute atomic E-state index is 11.0. The molecular formula is C14H18N2O3. The molecule has 0 fully saturated rings. The van der Waals surface area contributed by atoms with Crippen molar-refractivity contribution in [1.82, 2.24) is 5.32 Å². The normalized spacial score (nSPS) is 10.2. The zero-order valence-electron chi connectivity index (χ0n) is 11.2. The molecule has 0 saturated carbocycles. The van der Waals surface area contributed by atoms with Gasteiger partial charge in [0.15, 0.2) is 5.75 Å². The van der Waals surface area contributed by atoms with Gasteiger partial charge in [0.05, 0.1) is 4.92 Å². The molecule has 1 aromatic rings. The summed E-state index contributed by atoms with van der Waals surface area (Å²) in [7, 11) is 0. The van der Waals surface area contributed by atoms with Crippen LogP contribution in [0.15, 0.2) is 18.2 Å². The first kappa shape index (κ1) is 15.0. The molecule has 0 radical (unpaired) electrons. The summed E-state index contributed by atoms with van der Waals surface area (Å²) in [4.78, 5) is 10.5. The maximum Gasteiger partial charge on any atom is 0.311 e. The van der Waals surface area contributed by atoms with E-state index in [2.05, 4.69) is 25.1 Å². The number of nitro groups is 1. The minimum atomic E-state index is -0.461. The van der Waals surface area contributed by atoms with E-state index in [4.69, 9.17) is 11.2 Å². The molecule has 0 atom stereocenters. The van der Waals surface area contributed by atoms with Gasteiger partial charge in [0, 0.05) is 12.6 Å². The van der Waals surface area contributed by atoms with Crippen molar-refractivity contribution < 1.29 is 9.66 Å². The Morgan fingerprint density at radius 3 is 2.84 bits per heavy atom. The number of benzene rings is 1.